The lowest BCUT2D eigenvalue weighted by atomic mass is 10.1. The topological polar surface area (TPSA) is 40.6 Å². The predicted molar refractivity (Wildman–Crippen MR) is 99.0 cm³/mol. The van der Waals surface area contributed by atoms with Crippen molar-refractivity contribution in [2.75, 3.05) is 16.3 Å². The third-order valence-electron chi connectivity index (χ3n) is 5.06. The number of nitrogens with zero attached hydrogens (tertiary/aromatic N) is 2. The molecule has 0 saturated carbocycles. The summed E-state index contributed by atoms with van der Waals surface area (Å²) in [6.45, 7) is 2.44. The Hall–Kier alpha value is -2.33. The van der Waals surface area contributed by atoms with Crippen molar-refractivity contribution in [1.29, 1.82) is 0 Å². The molecule has 1 fully saturated rings. The number of fused-ring (bicyclic) bond motifs is 1. The molecule has 0 spiro atoms. The van der Waals surface area contributed by atoms with Gasteiger partial charge in [-0.2, -0.15) is 0 Å². The molecule has 0 bridgehead atoms. The van der Waals surface area contributed by atoms with E-state index in [2.05, 4.69) is 13.0 Å². The second-order valence-corrected chi connectivity index (χ2v) is 7.15. The number of hydrogen-bond acceptors (Lipinski definition) is 2. The average molecular weight is 355 g/mol. The van der Waals surface area contributed by atoms with Gasteiger partial charge in [-0.3, -0.25) is 9.59 Å². The van der Waals surface area contributed by atoms with Crippen molar-refractivity contribution in [3.05, 3.63) is 59.1 Å². The van der Waals surface area contributed by atoms with Gasteiger partial charge in [0.1, 0.15) is 0 Å². The van der Waals surface area contributed by atoms with Crippen LogP contribution in [-0.2, 0) is 16.0 Å². The molecule has 4 rings (SSSR count). The maximum atomic E-state index is 13.1. The van der Waals surface area contributed by atoms with Gasteiger partial charge in [-0.05, 0) is 37.1 Å². The van der Waals surface area contributed by atoms with Gasteiger partial charge < -0.3 is 9.80 Å². The van der Waals surface area contributed by atoms with Gasteiger partial charge in [0.15, 0.2) is 0 Å². The number of halogens is 1. The van der Waals surface area contributed by atoms with E-state index >= 15 is 0 Å². The zero-order valence-electron chi connectivity index (χ0n) is 14.0. The van der Waals surface area contributed by atoms with Crippen LogP contribution in [0.3, 0.4) is 0 Å². The van der Waals surface area contributed by atoms with Crippen molar-refractivity contribution in [1.82, 2.24) is 0 Å². The molecule has 0 aromatic heterocycles. The number of rotatable bonds is 2. The lowest BCUT2D eigenvalue weighted by molar-refractivity contribution is -0.124. The van der Waals surface area contributed by atoms with Crippen LogP contribution in [0.25, 0.3) is 0 Å². The minimum Gasteiger partial charge on any atom is -0.310 e. The summed E-state index contributed by atoms with van der Waals surface area (Å²) < 4.78 is 0. The summed E-state index contributed by atoms with van der Waals surface area (Å²) in [5.41, 5.74) is 2.85. The lowest BCUT2D eigenvalue weighted by Gasteiger charge is -2.26. The van der Waals surface area contributed by atoms with E-state index in [9.17, 15) is 9.59 Å². The SMILES string of the molecule is CC1Cc2ccccc2N1C(=O)C1CC(=O)N(c2ccccc2Cl)C1. The maximum Gasteiger partial charge on any atom is 0.232 e. The molecule has 2 aromatic rings. The molecule has 2 heterocycles. The fraction of sp³-hybridized carbons (Fsp3) is 0.300. The standard InChI is InChI=1S/C20H19ClN2O2/c1-13-10-14-6-2-4-8-17(14)23(13)20(25)15-11-19(24)22(12-15)18-9-5-3-7-16(18)21/h2-9,13,15H,10-12H2,1H3. The summed E-state index contributed by atoms with van der Waals surface area (Å²) >= 11 is 6.22. The van der Waals surface area contributed by atoms with Gasteiger partial charge >= 0.3 is 0 Å². The molecule has 5 heteroatoms. The minimum atomic E-state index is -0.336. The highest BCUT2D eigenvalue weighted by Crippen LogP contribution is 2.36. The van der Waals surface area contributed by atoms with E-state index in [0.717, 1.165) is 12.1 Å². The molecule has 2 aliphatic rings. The van der Waals surface area contributed by atoms with Crippen molar-refractivity contribution in [2.45, 2.75) is 25.8 Å². The first kappa shape index (κ1) is 16.2. The Kier molecular flexibility index (Phi) is 4.00. The van der Waals surface area contributed by atoms with E-state index in [4.69, 9.17) is 11.6 Å². The monoisotopic (exact) mass is 354 g/mol. The molecule has 2 unspecified atom stereocenters. The van der Waals surface area contributed by atoms with Crippen molar-refractivity contribution in [3.63, 3.8) is 0 Å². The molecule has 0 radical (unpaired) electrons. The van der Waals surface area contributed by atoms with Gasteiger partial charge in [0, 0.05) is 24.7 Å². The molecule has 25 heavy (non-hydrogen) atoms. The molecule has 2 atom stereocenters. The third kappa shape index (κ3) is 2.71. The van der Waals surface area contributed by atoms with Gasteiger partial charge in [0.2, 0.25) is 11.8 Å². The van der Waals surface area contributed by atoms with E-state index in [-0.39, 0.29) is 30.2 Å². The zero-order chi connectivity index (χ0) is 17.6. The average Bonchev–Trinajstić information content (AvgIpc) is 3.14. The first-order valence-electron chi connectivity index (χ1n) is 8.52. The summed E-state index contributed by atoms with van der Waals surface area (Å²) in [5, 5.41) is 0.531. The van der Waals surface area contributed by atoms with Gasteiger partial charge in [-0.1, -0.05) is 41.9 Å². The Morgan fingerprint density at radius 1 is 1.04 bits per heavy atom. The number of anilines is 2. The van der Waals surface area contributed by atoms with Crippen molar-refractivity contribution < 1.29 is 9.59 Å². The molecule has 0 N–H and O–H groups in total. The van der Waals surface area contributed by atoms with E-state index in [0.29, 0.717) is 17.3 Å². The van der Waals surface area contributed by atoms with Crippen LogP contribution in [0.1, 0.15) is 18.9 Å². The summed E-state index contributed by atoms with van der Waals surface area (Å²) in [6.07, 6.45) is 1.09. The van der Waals surface area contributed by atoms with Crippen LogP contribution >= 0.6 is 11.6 Å². The lowest BCUT2D eigenvalue weighted by Crippen LogP contribution is -2.41. The van der Waals surface area contributed by atoms with Gasteiger partial charge in [-0.15, -0.1) is 0 Å². The number of carbonyl (C=O) groups is 2. The number of carbonyl (C=O) groups excluding carboxylic acids is 2. The Bertz CT molecular complexity index is 851. The highest BCUT2D eigenvalue weighted by atomic mass is 35.5. The first-order valence-corrected chi connectivity index (χ1v) is 8.90. The quantitative estimate of drug-likeness (QED) is 0.825. The normalized spacial score (nSPS) is 22.4. The van der Waals surface area contributed by atoms with Gasteiger partial charge in [-0.25, -0.2) is 0 Å². The van der Waals surface area contributed by atoms with Crippen LogP contribution in [0.15, 0.2) is 48.5 Å². The number of amides is 2. The summed E-state index contributed by atoms with van der Waals surface area (Å²) in [7, 11) is 0. The minimum absolute atomic E-state index is 0.0281. The van der Waals surface area contributed by atoms with Crippen LogP contribution in [0.2, 0.25) is 5.02 Å². The fourth-order valence-corrected chi connectivity index (χ4v) is 4.11. The molecule has 0 aliphatic carbocycles. The van der Waals surface area contributed by atoms with E-state index < -0.39 is 0 Å². The van der Waals surface area contributed by atoms with Crippen LogP contribution in [-0.4, -0.2) is 24.4 Å². The molecule has 1 saturated heterocycles. The highest BCUT2D eigenvalue weighted by molar-refractivity contribution is 6.34. The molecule has 2 amide bonds. The molecule has 2 aromatic carbocycles. The summed E-state index contributed by atoms with van der Waals surface area (Å²) in [6, 6.07) is 15.4. The van der Waals surface area contributed by atoms with Crippen LogP contribution in [0, 0.1) is 5.92 Å². The second kappa shape index (κ2) is 6.19. The zero-order valence-corrected chi connectivity index (χ0v) is 14.7. The predicted octanol–water partition coefficient (Wildman–Crippen LogP) is 3.67. The maximum absolute atomic E-state index is 13.1. The van der Waals surface area contributed by atoms with Crippen LogP contribution < -0.4 is 9.80 Å². The van der Waals surface area contributed by atoms with Crippen molar-refractivity contribution >= 4 is 34.8 Å². The van der Waals surface area contributed by atoms with Crippen LogP contribution in [0.4, 0.5) is 11.4 Å². The fourth-order valence-electron chi connectivity index (χ4n) is 3.87. The van der Waals surface area contributed by atoms with E-state index in [1.165, 1.54) is 5.56 Å². The summed E-state index contributed by atoms with van der Waals surface area (Å²) in [5.74, 6) is -0.357. The molecular formula is C20H19ClN2O2. The molecule has 4 nitrogen and oxygen atoms in total. The Balaban J connectivity index is 1.59. The molecule has 128 valence electrons. The summed E-state index contributed by atoms with van der Waals surface area (Å²) in [4.78, 5) is 29.1. The van der Waals surface area contributed by atoms with Crippen molar-refractivity contribution in [3.8, 4) is 0 Å². The number of benzene rings is 2. The van der Waals surface area contributed by atoms with Crippen molar-refractivity contribution in [2.24, 2.45) is 5.92 Å². The second-order valence-electron chi connectivity index (χ2n) is 6.75. The van der Waals surface area contributed by atoms with E-state index in [1.54, 1.807) is 11.0 Å². The third-order valence-corrected chi connectivity index (χ3v) is 5.38. The van der Waals surface area contributed by atoms with Gasteiger partial charge in [0.25, 0.3) is 0 Å². The Morgan fingerprint density at radius 2 is 1.72 bits per heavy atom. The highest BCUT2D eigenvalue weighted by Gasteiger charge is 2.41. The van der Waals surface area contributed by atoms with Gasteiger partial charge in [0.05, 0.1) is 16.6 Å². The van der Waals surface area contributed by atoms with Crippen LogP contribution in [0.5, 0.6) is 0 Å². The van der Waals surface area contributed by atoms with E-state index in [1.807, 2.05) is 41.3 Å². The smallest absolute Gasteiger partial charge is 0.232 e. The Morgan fingerprint density at radius 3 is 2.48 bits per heavy atom. The molecule has 2 aliphatic heterocycles. The Labute approximate surface area is 152 Å². The largest absolute Gasteiger partial charge is 0.310 e. The first-order chi connectivity index (χ1) is 12.1. The molecular weight excluding hydrogens is 336 g/mol. The number of para-hydroxylation sites is 2. The number of hydrogen-bond donors (Lipinski definition) is 0.